The highest BCUT2D eigenvalue weighted by molar-refractivity contribution is 6.33. The normalized spacial score (nSPS) is 10.9. The van der Waals surface area contributed by atoms with Gasteiger partial charge in [-0.2, -0.15) is 4.68 Å². The van der Waals surface area contributed by atoms with Crippen molar-refractivity contribution in [1.29, 1.82) is 0 Å². The third kappa shape index (κ3) is 4.68. The quantitative estimate of drug-likeness (QED) is 0.574. The number of nitro groups is 1. The molecule has 1 N–H and O–H groups in total. The van der Waals surface area contributed by atoms with Crippen molar-refractivity contribution >= 4 is 23.3 Å². The summed E-state index contributed by atoms with van der Waals surface area (Å²) in [7, 11) is 0. The third-order valence-electron chi connectivity index (χ3n) is 3.23. The Morgan fingerprint density at radius 2 is 2.10 bits per heavy atom. The Morgan fingerprint density at radius 3 is 2.57 bits per heavy atom. The van der Waals surface area contributed by atoms with Gasteiger partial charge in [0.1, 0.15) is 6.54 Å². The van der Waals surface area contributed by atoms with Crippen LogP contribution in [0.5, 0.6) is 0 Å². The molecular formula is C12H20ClN5O3. The van der Waals surface area contributed by atoms with Crippen molar-refractivity contribution in [2.75, 3.05) is 26.2 Å². The topological polar surface area (TPSA) is 93.3 Å². The Balaban J connectivity index is 2.56. The number of aromatic nitrogens is 2. The molecule has 1 aromatic rings. The maximum Gasteiger partial charge on any atom is 0.408 e. The fourth-order valence-electron chi connectivity index (χ4n) is 1.86. The van der Waals surface area contributed by atoms with Crippen molar-refractivity contribution in [1.82, 2.24) is 20.0 Å². The Bertz CT molecular complexity index is 513. The second-order valence-electron chi connectivity index (χ2n) is 4.51. The molecule has 0 saturated carbocycles. The molecule has 1 amide bonds. The molecule has 1 aromatic heterocycles. The van der Waals surface area contributed by atoms with Gasteiger partial charge in [0.2, 0.25) is 5.91 Å². The number of likely N-dealkylation sites (N-methyl/N-ethyl adjacent to an activating group) is 1. The lowest BCUT2D eigenvalue weighted by Gasteiger charge is -2.17. The van der Waals surface area contributed by atoms with E-state index in [0.717, 1.165) is 19.6 Å². The van der Waals surface area contributed by atoms with Crippen LogP contribution >= 0.6 is 11.6 Å². The fraction of sp³-hybridized carbons (Fsp3) is 0.667. The third-order valence-corrected chi connectivity index (χ3v) is 3.67. The van der Waals surface area contributed by atoms with Gasteiger partial charge in [-0.15, -0.1) is 0 Å². The molecule has 1 heterocycles. The van der Waals surface area contributed by atoms with Gasteiger partial charge < -0.3 is 20.3 Å². The van der Waals surface area contributed by atoms with E-state index < -0.39 is 10.7 Å². The zero-order chi connectivity index (χ0) is 16.0. The predicted molar refractivity (Wildman–Crippen MR) is 79.4 cm³/mol. The van der Waals surface area contributed by atoms with Gasteiger partial charge in [0.15, 0.2) is 5.02 Å². The zero-order valence-corrected chi connectivity index (χ0v) is 13.2. The number of amides is 1. The van der Waals surface area contributed by atoms with Crippen molar-refractivity contribution in [3.63, 3.8) is 0 Å². The second-order valence-corrected chi connectivity index (χ2v) is 4.89. The van der Waals surface area contributed by atoms with E-state index in [4.69, 9.17) is 11.6 Å². The molecule has 0 bridgehead atoms. The van der Waals surface area contributed by atoms with E-state index in [0.29, 0.717) is 12.2 Å². The molecule has 0 atom stereocenters. The van der Waals surface area contributed by atoms with Crippen LogP contribution in [0, 0.1) is 17.0 Å². The van der Waals surface area contributed by atoms with Crippen molar-refractivity contribution in [2.24, 2.45) is 0 Å². The first-order valence-corrected chi connectivity index (χ1v) is 7.14. The van der Waals surface area contributed by atoms with E-state index in [9.17, 15) is 14.9 Å². The maximum absolute atomic E-state index is 11.8. The van der Waals surface area contributed by atoms with Crippen LogP contribution in [0.15, 0.2) is 0 Å². The number of hydrogen-bond acceptors (Lipinski definition) is 5. The highest BCUT2D eigenvalue weighted by Gasteiger charge is 2.24. The Kier molecular flexibility index (Phi) is 6.57. The van der Waals surface area contributed by atoms with Gasteiger partial charge in [-0.1, -0.05) is 25.4 Å². The molecule has 0 unspecified atom stereocenters. The summed E-state index contributed by atoms with van der Waals surface area (Å²) in [4.78, 5) is 24.1. The summed E-state index contributed by atoms with van der Waals surface area (Å²) in [6.07, 6.45) is 0. The first-order chi connectivity index (χ1) is 9.90. The summed E-state index contributed by atoms with van der Waals surface area (Å²) >= 11 is 5.81. The Labute approximate surface area is 128 Å². The molecule has 0 aliphatic carbocycles. The predicted octanol–water partition coefficient (Wildman–Crippen LogP) is 1.21. The number of nitrogens with zero attached hydrogens (tertiary/aromatic N) is 4. The van der Waals surface area contributed by atoms with Crippen molar-refractivity contribution in [3.05, 3.63) is 20.8 Å². The van der Waals surface area contributed by atoms with E-state index in [2.05, 4.69) is 29.2 Å². The molecule has 0 spiro atoms. The van der Waals surface area contributed by atoms with Crippen LogP contribution < -0.4 is 5.32 Å². The molecule has 9 heteroatoms. The minimum Gasteiger partial charge on any atom is -0.358 e. The van der Waals surface area contributed by atoms with Gasteiger partial charge >= 0.3 is 5.82 Å². The van der Waals surface area contributed by atoms with Gasteiger partial charge in [0.05, 0.1) is 10.8 Å². The average molecular weight is 318 g/mol. The number of rotatable bonds is 8. The summed E-state index contributed by atoms with van der Waals surface area (Å²) in [6.45, 7) is 8.75. The lowest BCUT2D eigenvalue weighted by molar-refractivity contribution is -0.389. The number of carbonyl (C=O) groups excluding carboxylic acids is 1. The zero-order valence-electron chi connectivity index (χ0n) is 12.4. The smallest absolute Gasteiger partial charge is 0.358 e. The first-order valence-electron chi connectivity index (χ1n) is 6.77. The lowest BCUT2D eigenvalue weighted by Crippen LogP contribution is -2.36. The molecule has 0 fully saturated rings. The molecule has 118 valence electrons. The van der Waals surface area contributed by atoms with Gasteiger partial charge in [0, 0.05) is 13.1 Å². The molecule has 0 radical (unpaired) electrons. The monoisotopic (exact) mass is 317 g/mol. The number of nitrogens with one attached hydrogen (secondary N) is 1. The maximum atomic E-state index is 11.8. The minimum atomic E-state index is -0.663. The molecule has 0 aliphatic rings. The highest BCUT2D eigenvalue weighted by atomic mass is 35.5. The summed E-state index contributed by atoms with van der Waals surface area (Å²) in [6, 6.07) is 0. The van der Waals surface area contributed by atoms with Crippen molar-refractivity contribution in [2.45, 2.75) is 27.3 Å². The molecule has 0 aliphatic heterocycles. The van der Waals surface area contributed by atoms with E-state index in [1.807, 2.05) is 0 Å². The van der Waals surface area contributed by atoms with Crippen molar-refractivity contribution in [3.8, 4) is 0 Å². The Hall–Kier alpha value is -1.67. The molecule has 0 saturated heterocycles. The summed E-state index contributed by atoms with van der Waals surface area (Å²) in [5, 5.41) is 17.2. The SMILES string of the molecule is CCN(CC)CCNC(=O)Cn1nc([N+](=O)[O-])c(Cl)c1C. The van der Waals surface area contributed by atoms with Crippen LogP contribution in [0.4, 0.5) is 5.82 Å². The van der Waals surface area contributed by atoms with Crippen LogP contribution in [0.1, 0.15) is 19.5 Å². The Morgan fingerprint density at radius 1 is 1.48 bits per heavy atom. The minimum absolute atomic E-state index is 0.0315. The van der Waals surface area contributed by atoms with Crippen LogP contribution in [0.2, 0.25) is 5.02 Å². The highest BCUT2D eigenvalue weighted by Crippen LogP contribution is 2.26. The van der Waals surface area contributed by atoms with Crippen LogP contribution in [-0.4, -0.2) is 51.7 Å². The van der Waals surface area contributed by atoms with Gasteiger partial charge in [0.25, 0.3) is 0 Å². The summed E-state index contributed by atoms with van der Waals surface area (Å²) in [5.74, 6) is -0.676. The summed E-state index contributed by atoms with van der Waals surface area (Å²) in [5.41, 5.74) is 0.405. The number of halogens is 1. The molecule has 8 nitrogen and oxygen atoms in total. The standard InChI is InChI=1S/C12H20ClN5O3/c1-4-16(5-2)7-6-14-10(19)8-17-9(3)11(13)12(15-17)18(20)21/h4-8H2,1-3H3,(H,14,19). The van der Waals surface area contributed by atoms with Crippen molar-refractivity contribution < 1.29 is 9.72 Å². The van der Waals surface area contributed by atoms with E-state index in [1.165, 1.54) is 4.68 Å². The average Bonchev–Trinajstić information content (AvgIpc) is 2.72. The van der Waals surface area contributed by atoms with E-state index in [-0.39, 0.29) is 17.5 Å². The lowest BCUT2D eigenvalue weighted by atomic mass is 10.4. The number of carbonyl (C=O) groups is 1. The number of hydrogen-bond donors (Lipinski definition) is 1. The fourth-order valence-corrected chi connectivity index (χ4v) is 2.07. The van der Waals surface area contributed by atoms with E-state index >= 15 is 0 Å². The first kappa shape index (κ1) is 17.4. The van der Waals surface area contributed by atoms with Gasteiger partial charge in [-0.05, 0) is 24.9 Å². The van der Waals surface area contributed by atoms with Gasteiger partial charge in [-0.3, -0.25) is 4.79 Å². The molecule has 0 aromatic carbocycles. The van der Waals surface area contributed by atoms with E-state index in [1.54, 1.807) is 6.92 Å². The second kappa shape index (κ2) is 7.94. The largest absolute Gasteiger partial charge is 0.408 e. The van der Waals surface area contributed by atoms with Crippen LogP contribution in [0.25, 0.3) is 0 Å². The molecule has 1 rings (SSSR count). The van der Waals surface area contributed by atoms with Gasteiger partial charge in [-0.25, -0.2) is 0 Å². The molecule has 21 heavy (non-hydrogen) atoms. The van der Waals surface area contributed by atoms with Crippen LogP contribution in [-0.2, 0) is 11.3 Å². The van der Waals surface area contributed by atoms with Crippen LogP contribution in [0.3, 0.4) is 0 Å². The molecular weight excluding hydrogens is 298 g/mol. The summed E-state index contributed by atoms with van der Waals surface area (Å²) < 4.78 is 1.24.